The van der Waals surface area contributed by atoms with Crippen LogP contribution in [0.1, 0.15) is 17.3 Å². The molecule has 2 amide bonds. The summed E-state index contributed by atoms with van der Waals surface area (Å²) in [4.78, 5) is 24.4. The van der Waals surface area contributed by atoms with Gasteiger partial charge in [0.05, 0.1) is 11.4 Å². The largest absolute Gasteiger partial charge is 0.271 e. The molecule has 1 atom stereocenters. The Hall–Kier alpha value is -3.28. The lowest BCUT2D eigenvalue weighted by Crippen LogP contribution is -2.29. The minimum Gasteiger partial charge on any atom is -0.271 e. The Morgan fingerprint density at radius 2 is 1.75 bits per heavy atom. The van der Waals surface area contributed by atoms with Crippen LogP contribution in [0.4, 0.5) is 5.69 Å². The topological polar surface area (TPSA) is 74.1 Å². The molecule has 0 aliphatic carbocycles. The third-order valence-electron chi connectivity index (χ3n) is 3.61. The van der Waals surface area contributed by atoms with Gasteiger partial charge in [-0.15, -0.1) is 0 Å². The molecule has 2 aromatic carbocycles. The summed E-state index contributed by atoms with van der Waals surface area (Å²) in [5, 5.41) is 9.53. The molecule has 1 N–H and O–H groups in total. The van der Waals surface area contributed by atoms with Crippen LogP contribution >= 0.6 is 0 Å². The molecule has 1 unspecified atom stereocenters. The second-order valence-corrected chi connectivity index (χ2v) is 5.29. The first-order valence-electron chi connectivity index (χ1n) is 7.49. The Kier molecular flexibility index (Phi) is 4.47. The van der Waals surface area contributed by atoms with Crippen molar-refractivity contribution in [1.82, 2.24) is 5.43 Å². The van der Waals surface area contributed by atoms with Gasteiger partial charge in [0.1, 0.15) is 5.92 Å². The van der Waals surface area contributed by atoms with Gasteiger partial charge in [-0.2, -0.15) is 15.2 Å². The zero-order valence-electron chi connectivity index (χ0n) is 13.1. The highest BCUT2D eigenvalue weighted by Crippen LogP contribution is 2.22. The number of para-hydroxylation sites is 1. The monoisotopic (exact) mass is 320 g/mol. The minimum absolute atomic E-state index is 0.198. The van der Waals surface area contributed by atoms with E-state index in [0.717, 1.165) is 0 Å². The number of hydrogen-bond donors (Lipinski definition) is 1. The molecule has 2 aromatic rings. The number of benzene rings is 2. The molecule has 0 saturated carbocycles. The van der Waals surface area contributed by atoms with E-state index in [4.69, 9.17) is 0 Å². The van der Waals surface area contributed by atoms with E-state index in [1.807, 2.05) is 36.4 Å². The number of anilines is 1. The van der Waals surface area contributed by atoms with E-state index in [9.17, 15) is 9.59 Å². The van der Waals surface area contributed by atoms with Crippen LogP contribution in [-0.2, 0) is 4.79 Å². The molecular weight excluding hydrogens is 304 g/mol. The van der Waals surface area contributed by atoms with Crippen LogP contribution in [0.3, 0.4) is 0 Å². The number of carbonyl (C=O) groups excluding carboxylic acids is 2. The third kappa shape index (κ3) is 3.22. The van der Waals surface area contributed by atoms with Crippen LogP contribution in [0.25, 0.3) is 0 Å². The summed E-state index contributed by atoms with van der Waals surface area (Å²) in [5.74, 6) is -1.11. The number of rotatable bonds is 4. The fraction of sp³-hybridized carbons (Fsp3) is 0.111. The van der Waals surface area contributed by atoms with E-state index in [2.05, 4.69) is 15.6 Å². The highest BCUT2D eigenvalue weighted by atomic mass is 16.2. The fourth-order valence-electron chi connectivity index (χ4n) is 2.33. The molecule has 0 bridgehead atoms. The summed E-state index contributed by atoms with van der Waals surface area (Å²) in [6.07, 6.45) is 1.41. The lowest BCUT2D eigenvalue weighted by Gasteiger charge is -2.12. The van der Waals surface area contributed by atoms with Gasteiger partial charge >= 0.3 is 0 Å². The Labute approximate surface area is 139 Å². The van der Waals surface area contributed by atoms with E-state index >= 15 is 0 Å². The summed E-state index contributed by atoms with van der Waals surface area (Å²) in [6, 6.07) is 17.9. The normalized spacial score (nSPS) is 17.2. The Morgan fingerprint density at radius 1 is 1.12 bits per heavy atom. The maximum Gasteiger partial charge on any atom is 0.271 e. The van der Waals surface area contributed by atoms with Crippen LogP contribution in [0.15, 0.2) is 70.9 Å². The molecule has 0 saturated heterocycles. The van der Waals surface area contributed by atoms with Gasteiger partial charge in [-0.25, -0.2) is 5.43 Å². The number of amides is 2. The average Bonchev–Trinajstić information content (AvgIpc) is 2.91. The summed E-state index contributed by atoms with van der Waals surface area (Å²) in [5.41, 5.74) is 4.26. The van der Waals surface area contributed by atoms with Crippen molar-refractivity contribution in [3.8, 4) is 0 Å². The minimum atomic E-state index is -0.582. The Bertz CT molecular complexity index is 800. The van der Waals surface area contributed by atoms with Gasteiger partial charge < -0.3 is 0 Å². The molecule has 120 valence electrons. The van der Waals surface area contributed by atoms with Gasteiger partial charge in [0.15, 0.2) is 0 Å². The zero-order valence-corrected chi connectivity index (χ0v) is 13.1. The van der Waals surface area contributed by atoms with Crippen molar-refractivity contribution in [2.75, 3.05) is 5.01 Å². The van der Waals surface area contributed by atoms with Crippen molar-refractivity contribution in [3.05, 3.63) is 66.2 Å². The highest BCUT2D eigenvalue weighted by molar-refractivity contribution is 6.23. The molecule has 0 spiro atoms. The van der Waals surface area contributed by atoms with Crippen molar-refractivity contribution in [2.45, 2.75) is 6.92 Å². The predicted molar refractivity (Wildman–Crippen MR) is 92.9 cm³/mol. The standard InChI is InChI=1S/C18H16N4O2/c1-13-16(12-19-20-17(23)14-8-4-2-5-9-14)18(24)22(21-13)15-10-6-3-7-11-15/h2-12,16H,1H3,(H,20,23)/b19-12+. The molecule has 1 aliphatic rings. The van der Waals surface area contributed by atoms with Gasteiger partial charge in [-0.05, 0) is 31.2 Å². The van der Waals surface area contributed by atoms with Gasteiger partial charge in [-0.1, -0.05) is 36.4 Å². The zero-order chi connectivity index (χ0) is 16.9. The van der Waals surface area contributed by atoms with Gasteiger partial charge in [0.2, 0.25) is 0 Å². The molecular formula is C18H16N4O2. The molecule has 0 aromatic heterocycles. The van der Waals surface area contributed by atoms with E-state index in [1.165, 1.54) is 11.2 Å². The molecule has 1 heterocycles. The second kappa shape index (κ2) is 6.87. The van der Waals surface area contributed by atoms with E-state index < -0.39 is 5.92 Å². The first-order valence-corrected chi connectivity index (χ1v) is 7.49. The van der Waals surface area contributed by atoms with Gasteiger partial charge in [-0.3, -0.25) is 9.59 Å². The van der Waals surface area contributed by atoms with E-state index in [-0.39, 0.29) is 11.8 Å². The highest BCUT2D eigenvalue weighted by Gasteiger charge is 2.33. The van der Waals surface area contributed by atoms with Crippen LogP contribution in [-0.4, -0.2) is 23.7 Å². The van der Waals surface area contributed by atoms with Crippen LogP contribution in [0, 0.1) is 5.92 Å². The van der Waals surface area contributed by atoms with Gasteiger partial charge in [0.25, 0.3) is 11.8 Å². The molecule has 24 heavy (non-hydrogen) atoms. The van der Waals surface area contributed by atoms with Crippen molar-refractivity contribution in [3.63, 3.8) is 0 Å². The average molecular weight is 320 g/mol. The van der Waals surface area contributed by atoms with Crippen LogP contribution in [0.5, 0.6) is 0 Å². The summed E-state index contributed by atoms with van der Waals surface area (Å²) >= 11 is 0. The first kappa shape index (κ1) is 15.6. The third-order valence-corrected chi connectivity index (χ3v) is 3.61. The number of nitrogens with zero attached hydrogens (tertiary/aromatic N) is 3. The summed E-state index contributed by atoms with van der Waals surface area (Å²) in [6.45, 7) is 1.76. The smallest absolute Gasteiger partial charge is 0.271 e. The predicted octanol–water partition coefficient (Wildman–Crippen LogP) is 2.44. The summed E-state index contributed by atoms with van der Waals surface area (Å²) in [7, 11) is 0. The van der Waals surface area contributed by atoms with Crippen LogP contribution in [0.2, 0.25) is 0 Å². The molecule has 0 fully saturated rings. The van der Waals surface area contributed by atoms with Crippen molar-refractivity contribution >= 4 is 29.4 Å². The van der Waals surface area contributed by atoms with E-state index in [0.29, 0.717) is 17.0 Å². The second-order valence-electron chi connectivity index (χ2n) is 5.29. The maximum absolute atomic E-state index is 12.5. The van der Waals surface area contributed by atoms with E-state index in [1.54, 1.807) is 31.2 Å². The molecule has 3 rings (SSSR count). The summed E-state index contributed by atoms with van der Waals surface area (Å²) < 4.78 is 0. The number of hydrazone groups is 2. The molecule has 6 nitrogen and oxygen atoms in total. The molecule has 0 radical (unpaired) electrons. The molecule has 6 heteroatoms. The maximum atomic E-state index is 12.5. The van der Waals surface area contributed by atoms with Gasteiger partial charge in [0, 0.05) is 11.8 Å². The number of nitrogens with one attached hydrogen (secondary N) is 1. The number of hydrogen-bond acceptors (Lipinski definition) is 4. The Morgan fingerprint density at radius 3 is 2.42 bits per heavy atom. The SMILES string of the molecule is CC1=NN(c2ccccc2)C(=O)C1/C=N/NC(=O)c1ccccc1. The van der Waals surface area contributed by atoms with Crippen LogP contribution < -0.4 is 10.4 Å². The number of carbonyl (C=O) groups is 2. The lowest BCUT2D eigenvalue weighted by atomic mass is 10.1. The van der Waals surface area contributed by atoms with Crippen molar-refractivity contribution < 1.29 is 9.59 Å². The first-order chi connectivity index (χ1) is 11.7. The lowest BCUT2D eigenvalue weighted by molar-refractivity contribution is -0.118. The fourth-order valence-corrected chi connectivity index (χ4v) is 2.33. The van der Waals surface area contributed by atoms with Crippen molar-refractivity contribution in [1.29, 1.82) is 0 Å². The van der Waals surface area contributed by atoms with Crippen molar-refractivity contribution in [2.24, 2.45) is 16.1 Å². The quantitative estimate of drug-likeness (QED) is 0.694. The Balaban J connectivity index is 1.67. The molecule has 1 aliphatic heterocycles.